The Morgan fingerprint density at radius 3 is 2.45 bits per heavy atom. The first-order valence-corrected chi connectivity index (χ1v) is 14.6. The maximum atomic E-state index is 14.0. The fraction of sp³-hybridized carbons (Fsp3) is 0.344. The molecule has 232 valence electrons. The second-order valence-electron chi connectivity index (χ2n) is 10.5. The van der Waals surface area contributed by atoms with E-state index in [9.17, 15) is 22.8 Å². The predicted molar refractivity (Wildman–Crippen MR) is 160 cm³/mol. The van der Waals surface area contributed by atoms with Crippen LogP contribution < -0.4 is 4.74 Å². The van der Waals surface area contributed by atoms with Crippen LogP contribution in [-0.2, 0) is 15.7 Å². The molecule has 12 heteroatoms. The summed E-state index contributed by atoms with van der Waals surface area (Å²) in [5.74, 6) is -0.360. The molecule has 1 atom stereocenters. The van der Waals surface area contributed by atoms with Gasteiger partial charge in [0.1, 0.15) is 12.3 Å². The fourth-order valence-electron chi connectivity index (χ4n) is 5.26. The highest BCUT2D eigenvalue weighted by atomic mass is 35.5. The SMILES string of the molecule is COc1cccc(C2=NN(C(=O)CN(CCN3CCOCC3)C(=O)c3ccc(C(F)(F)F)cc3)[C@@H](c3ccccc3Cl)C2)c1. The topological polar surface area (TPSA) is 74.7 Å². The van der Waals surface area contributed by atoms with Crippen LogP contribution in [0.4, 0.5) is 13.2 Å². The van der Waals surface area contributed by atoms with Gasteiger partial charge in [0.25, 0.3) is 11.8 Å². The summed E-state index contributed by atoms with van der Waals surface area (Å²) in [7, 11) is 1.57. The monoisotopic (exact) mass is 628 g/mol. The Labute approximate surface area is 258 Å². The minimum absolute atomic E-state index is 0.0532. The zero-order valence-corrected chi connectivity index (χ0v) is 24.9. The summed E-state index contributed by atoms with van der Waals surface area (Å²) in [4.78, 5) is 31.1. The number of nitrogens with zero attached hydrogens (tertiary/aromatic N) is 4. The highest BCUT2D eigenvalue weighted by Crippen LogP contribution is 2.37. The molecule has 44 heavy (non-hydrogen) atoms. The van der Waals surface area contributed by atoms with E-state index in [2.05, 4.69) is 4.90 Å². The van der Waals surface area contributed by atoms with Gasteiger partial charge >= 0.3 is 6.18 Å². The third-order valence-corrected chi connectivity index (χ3v) is 8.04. The van der Waals surface area contributed by atoms with Crippen LogP contribution in [0.2, 0.25) is 5.02 Å². The van der Waals surface area contributed by atoms with Crippen molar-refractivity contribution in [2.75, 3.05) is 53.0 Å². The second kappa shape index (κ2) is 13.8. The van der Waals surface area contributed by atoms with E-state index < -0.39 is 29.6 Å². The zero-order valence-electron chi connectivity index (χ0n) is 24.1. The molecular formula is C32H32ClF3N4O4. The molecule has 1 fully saturated rings. The predicted octanol–water partition coefficient (Wildman–Crippen LogP) is 5.52. The van der Waals surface area contributed by atoms with E-state index in [0.717, 1.165) is 29.8 Å². The fourth-order valence-corrected chi connectivity index (χ4v) is 5.53. The summed E-state index contributed by atoms with van der Waals surface area (Å²) in [5.41, 5.74) is 1.33. The molecule has 0 aliphatic carbocycles. The van der Waals surface area contributed by atoms with Crippen molar-refractivity contribution in [1.29, 1.82) is 0 Å². The smallest absolute Gasteiger partial charge is 0.416 e. The standard InChI is InChI=1S/C32H32ClF3N4O4/c1-43-25-6-4-5-23(19-25)28-20-29(26-7-2-3-8-27(26)33)40(37-28)30(41)21-39(14-13-38-15-17-44-18-16-38)31(42)22-9-11-24(12-10-22)32(34,35)36/h2-12,19,29H,13-18,20-21H2,1H3/t29-/m1/s1. The van der Waals surface area contributed by atoms with Crippen molar-refractivity contribution in [3.63, 3.8) is 0 Å². The van der Waals surface area contributed by atoms with Gasteiger partial charge in [-0.05, 0) is 48.0 Å². The molecule has 3 aromatic carbocycles. The summed E-state index contributed by atoms with van der Waals surface area (Å²) in [6.07, 6.45) is -4.15. The number of benzene rings is 3. The van der Waals surface area contributed by atoms with E-state index in [1.165, 1.54) is 9.91 Å². The van der Waals surface area contributed by atoms with Crippen molar-refractivity contribution in [2.24, 2.45) is 5.10 Å². The molecule has 5 rings (SSSR count). The van der Waals surface area contributed by atoms with Crippen molar-refractivity contribution < 1.29 is 32.2 Å². The van der Waals surface area contributed by atoms with Crippen LogP contribution in [0.1, 0.15) is 39.5 Å². The van der Waals surface area contributed by atoms with Gasteiger partial charge in [-0.3, -0.25) is 14.5 Å². The summed E-state index contributed by atoms with van der Waals surface area (Å²) in [5, 5.41) is 6.54. The first kappa shape index (κ1) is 31.5. The molecule has 0 aromatic heterocycles. The third-order valence-electron chi connectivity index (χ3n) is 7.70. The number of hydrogen-bond donors (Lipinski definition) is 0. The van der Waals surface area contributed by atoms with Crippen molar-refractivity contribution in [2.45, 2.75) is 18.6 Å². The first-order chi connectivity index (χ1) is 21.1. The Morgan fingerprint density at radius 1 is 1.05 bits per heavy atom. The van der Waals surface area contributed by atoms with Crippen LogP contribution in [0.5, 0.6) is 5.75 Å². The van der Waals surface area contributed by atoms with Gasteiger partial charge in [0, 0.05) is 48.7 Å². The van der Waals surface area contributed by atoms with Crippen LogP contribution in [0.15, 0.2) is 77.9 Å². The Bertz CT molecular complexity index is 1510. The Balaban J connectivity index is 1.43. The van der Waals surface area contributed by atoms with Gasteiger partial charge in [-0.15, -0.1) is 0 Å². The number of carbonyl (C=O) groups is 2. The van der Waals surface area contributed by atoms with Gasteiger partial charge in [0.15, 0.2) is 0 Å². The average molecular weight is 629 g/mol. The minimum Gasteiger partial charge on any atom is -0.497 e. The van der Waals surface area contributed by atoms with Crippen molar-refractivity contribution >= 4 is 29.1 Å². The quantitative estimate of drug-likeness (QED) is 0.312. The molecule has 0 radical (unpaired) electrons. The molecule has 8 nitrogen and oxygen atoms in total. The van der Waals surface area contributed by atoms with Crippen molar-refractivity contribution in [3.05, 3.63) is 100 Å². The summed E-state index contributed by atoms with van der Waals surface area (Å²) < 4.78 is 50.3. The first-order valence-electron chi connectivity index (χ1n) is 14.2. The number of methoxy groups -OCH3 is 1. The lowest BCUT2D eigenvalue weighted by Gasteiger charge is -2.31. The maximum absolute atomic E-state index is 14.0. The lowest BCUT2D eigenvalue weighted by atomic mass is 9.98. The molecule has 2 amide bonds. The Kier molecular flexibility index (Phi) is 9.87. The van der Waals surface area contributed by atoms with E-state index in [0.29, 0.717) is 61.3 Å². The summed E-state index contributed by atoms with van der Waals surface area (Å²) >= 11 is 6.56. The van der Waals surface area contributed by atoms with E-state index >= 15 is 0 Å². The van der Waals surface area contributed by atoms with E-state index in [1.807, 2.05) is 36.4 Å². The lowest BCUT2D eigenvalue weighted by Crippen LogP contribution is -2.46. The third kappa shape index (κ3) is 7.40. The number of halogens is 4. The number of morpholine rings is 1. The van der Waals surface area contributed by atoms with Gasteiger partial charge < -0.3 is 14.4 Å². The summed E-state index contributed by atoms with van der Waals surface area (Å²) in [6.45, 7) is 2.77. The Morgan fingerprint density at radius 2 is 1.77 bits per heavy atom. The maximum Gasteiger partial charge on any atom is 0.416 e. The van der Waals surface area contributed by atoms with Gasteiger partial charge in [0.2, 0.25) is 0 Å². The number of carbonyl (C=O) groups excluding carboxylic acids is 2. The van der Waals surface area contributed by atoms with Crippen LogP contribution in [-0.4, -0.2) is 85.4 Å². The number of hydrogen-bond acceptors (Lipinski definition) is 6. The van der Waals surface area contributed by atoms with Crippen LogP contribution in [0, 0.1) is 0 Å². The van der Waals surface area contributed by atoms with Crippen molar-refractivity contribution in [3.8, 4) is 5.75 Å². The number of rotatable bonds is 9. The van der Waals surface area contributed by atoms with E-state index in [1.54, 1.807) is 19.2 Å². The molecule has 2 aliphatic rings. The molecule has 1 saturated heterocycles. The largest absolute Gasteiger partial charge is 0.497 e. The molecule has 0 unspecified atom stereocenters. The molecule has 0 saturated carbocycles. The zero-order chi connectivity index (χ0) is 31.3. The van der Waals surface area contributed by atoms with E-state index in [-0.39, 0.29) is 18.7 Å². The van der Waals surface area contributed by atoms with Gasteiger partial charge in [-0.2, -0.15) is 18.3 Å². The van der Waals surface area contributed by atoms with Crippen LogP contribution in [0.25, 0.3) is 0 Å². The highest BCUT2D eigenvalue weighted by Gasteiger charge is 2.36. The summed E-state index contributed by atoms with van der Waals surface area (Å²) in [6, 6.07) is 18.0. The number of amides is 2. The molecule has 2 aliphatic heterocycles. The van der Waals surface area contributed by atoms with Crippen LogP contribution in [0.3, 0.4) is 0 Å². The van der Waals surface area contributed by atoms with Gasteiger partial charge in [-0.1, -0.05) is 41.9 Å². The minimum atomic E-state index is -4.53. The van der Waals surface area contributed by atoms with E-state index in [4.69, 9.17) is 26.2 Å². The molecule has 0 N–H and O–H groups in total. The van der Waals surface area contributed by atoms with Gasteiger partial charge in [0.05, 0.1) is 37.6 Å². The number of hydrazone groups is 1. The average Bonchev–Trinajstić information content (AvgIpc) is 3.48. The normalized spacial score (nSPS) is 17.3. The Hall–Kier alpha value is -3.93. The highest BCUT2D eigenvalue weighted by molar-refractivity contribution is 6.31. The van der Waals surface area contributed by atoms with Crippen LogP contribution >= 0.6 is 11.6 Å². The number of ether oxygens (including phenoxy) is 2. The molecule has 0 spiro atoms. The lowest BCUT2D eigenvalue weighted by molar-refractivity contribution is -0.137. The van der Waals surface area contributed by atoms with Gasteiger partial charge in [-0.25, -0.2) is 5.01 Å². The molecule has 2 heterocycles. The molecule has 3 aromatic rings. The number of alkyl halides is 3. The molecular weight excluding hydrogens is 597 g/mol. The molecule has 0 bridgehead atoms. The van der Waals surface area contributed by atoms with Crippen molar-refractivity contribution in [1.82, 2.24) is 14.8 Å². The second-order valence-corrected chi connectivity index (χ2v) is 10.9.